The van der Waals surface area contributed by atoms with Gasteiger partial charge >= 0.3 is 0 Å². The van der Waals surface area contributed by atoms with Crippen LogP contribution in [0.15, 0.2) is 18.2 Å². The lowest BCUT2D eigenvalue weighted by Gasteiger charge is -2.34. The Balaban J connectivity index is 2.22. The number of nitro benzene ring substituents is 1. The summed E-state index contributed by atoms with van der Waals surface area (Å²) in [6.07, 6.45) is 5.28. The highest BCUT2D eigenvalue weighted by molar-refractivity contribution is 5.66. The number of terminal acetylenes is 1. The average Bonchev–Trinajstić information content (AvgIpc) is 2.47. The second kappa shape index (κ2) is 6.05. The summed E-state index contributed by atoms with van der Waals surface area (Å²) in [6.45, 7) is 3.44. The van der Waals surface area contributed by atoms with E-state index >= 15 is 0 Å². The van der Waals surface area contributed by atoms with Crippen LogP contribution in [0.2, 0.25) is 0 Å². The van der Waals surface area contributed by atoms with E-state index in [0.29, 0.717) is 30.9 Å². The van der Waals surface area contributed by atoms with E-state index < -0.39 is 4.92 Å². The summed E-state index contributed by atoms with van der Waals surface area (Å²) in [4.78, 5) is 14.7. The molecule has 0 spiro atoms. The van der Waals surface area contributed by atoms with Crippen LogP contribution >= 0.6 is 0 Å². The van der Waals surface area contributed by atoms with E-state index in [1.54, 1.807) is 6.07 Å². The van der Waals surface area contributed by atoms with Gasteiger partial charge < -0.3 is 4.90 Å². The molecule has 0 amide bonds. The zero-order valence-corrected chi connectivity index (χ0v) is 11.0. The van der Waals surface area contributed by atoms with Crippen molar-refractivity contribution in [2.75, 3.05) is 37.6 Å². The monoisotopic (exact) mass is 270 g/mol. The first-order valence-corrected chi connectivity index (χ1v) is 6.25. The van der Waals surface area contributed by atoms with Gasteiger partial charge in [-0.1, -0.05) is 5.92 Å². The number of nitriles is 1. The molecule has 1 fully saturated rings. The van der Waals surface area contributed by atoms with Gasteiger partial charge in [-0.2, -0.15) is 5.26 Å². The summed E-state index contributed by atoms with van der Waals surface area (Å²) < 4.78 is 0. The molecule has 20 heavy (non-hydrogen) atoms. The van der Waals surface area contributed by atoms with Gasteiger partial charge in [0.25, 0.3) is 5.69 Å². The van der Waals surface area contributed by atoms with Gasteiger partial charge in [0.15, 0.2) is 0 Å². The highest BCUT2D eigenvalue weighted by atomic mass is 16.6. The third-order valence-corrected chi connectivity index (χ3v) is 3.33. The molecule has 0 bridgehead atoms. The number of piperazine rings is 1. The van der Waals surface area contributed by atoms with Crippen molar-refractivity contribution in [3.05, 3.63) is 33.9 Å². The smallest absolute Gasteiger partial charge is 0.292 e. The fraction of sp³-hybridized carbons (Fsp3) is 0.357. The quantitative estimate of drug-likeness (QED) is 0.469. The number of hydrogen-bond donors (Lipinski definition) is 0. The van der Waals surface area contributed by atoms with E-state index in [-0.39, 0.29) is 5.69 Å². The van der Waals surface area contributed by atoms with Crippen molar-refractivity contribution in [3.63, 3.8) is 0 Å². The highest BCUT2D eigenvalue weighted by Gasteiger charge is 2.23. The van der Waals surface area contributed by atoms with Gasteiger partial charge in [0.2, 0.25) is 0 Å². The Bertz CT molecular complexity index is 592. The minimum absolute atomic E-state index is 0.0365. The van der Waals surface area contributed by atoms with Crippen molar-refractivity contribution in [1.29, 1.82) is 5.26 Å². The maximum absolute atomic E-state index is 11.1. The predicted molar refractivity (Wildman–Crippen MR) is 75.3 cm³/mol. The van der Waals surface area contributed by atoms with Gasteiger partial charge in [-0.3, -0.25) is 15.0 Å². The first-order chi connectivity index (χ1) is 9.65. The molecule has 0 aromatic heterocycles. The SMILES string of the molecule is C#CCN1CCN(c2cc(C#N)ccc2[N+](=O)[O-])CC1. The molecule has 1 aliphatic rings. The summed E-state index contributed by atoms with van der Waals surface area (Å²) in [5.41, 5.74) is 0.973. The molecule has 0 N–H and O–H groups in total. The van der Waals surface area contributed by atoms with Gasteiger partial charge in [0, 0.05) is 32.2 Å². The lowest BCUT2D eigenvalue weighted by molar-refractivity contribution is -0.384. The number of nitrogens with zero attached hydrogens (tertiary/aromatic N) is 4. The molecule has 0 atom stereocenters. The Morgan fingerprint density at radius 3 is 2.60 bits per heavy atom. The third-order valence-electron chi connectivity index (χ3n) is 3.33. The molecule has 6 nitrogen and oxygen atoms in total. The number of rotatable bonds is 3. The molecule has 0 radical (unpaired) electrons. The zero-order chi connectivity index (χ0) is 14.5. The fourth-order valence-electron chi connectivity index (χ4n) is 2.28. The van der Waals surface area contributed by atoms with Gasteiger partial charge in [-0.05, 0) is 12.1 Å². The topological polar surface area (TPSA) is 73.4 Å². The molecule has 102 valence electrons. The van der Waals surface area contributed by atoms with Gasteiger partial charge in [0.05, 0.1) is 23.1 Å². The second-order valence-electron chi connectivity index (χ2n) is 4.54. The van der Waals surface area contributed by atoms with Crippen LogP contribution in [0.1, 0.15) is 5.56 Å². The van der Waals surface area contributed by atoms with E-state index in [2.05, 4.69) is 10.8 Å². The van der Waals surface area contributed by atoms with E-state index in [0.717, 1.165) is 13.1 Å². The van der Waals surface area contributed by atoms with E-state index in [4.69, 9.17) is 11.7 Å². The van der Waals surface area contributed by atoms with Crippen molar-refractivity contribution in [2.24, 2.45) is 0 Å². The van der Waals surface area contributed by atoms with Crippen LogP contribution in [0.3, 0.4) is 0 Å². The molecule has 1 aliphatic heterocycles. The standard InChI is InChI=1S/C14H14N4O2/c1-2-5-16-6-8-17(9-7-16)14-10-12(11-15)3-4-13(14)18(19)20/h1,3-4,10H,5-9H2. The Hall–Kier alpha value is -2.57. The number of nitro groups is 1. The highest BCUT2D eigenvalue weighted by Crippen LogP contribution is 2.29. The molecule has 0 saturated carbocycles. The maximum atomic E-state index is 11.1. The Labute approximate surface area is 117 Å². The Kier molecular flexibility index (Phi) is 4.19. The van der Waals surface area contributed by atoms with Crippen molar-refractivity contribution >= 4 is 11.4 Å². The van der Waals surface area contributed by atoms with Gasteiger partial charge in [0.1, 0.15) is 5.69 Å². The van der Waals surface area contributed by atoms with E-state index in [1.807, 2.05) is 11.0 Å². The van der Waals surface area contributed by atoms with Gasteiger partial charge in [-0.15, -0.1) is 6.42 Å². The minimum Gasteiger partial charge on any atom is -0.363 e. The van der Waals surface area contributed by atoms with Crippen molar-refractivity contribution < 1.29 is 4.92 Å². The van der Waals surface area contributed by atoms with Crippen LogP contribution < -0.4 is 4.90 Å². The van der Waals surface area contributed by atoms with E-state index in [1.165, 1.54) is 12.1 Å². The number of anilines is 1. The first-order valence-electron chi connectivity index (χ1n) is 6.25. The van der Waals surface area contributed by atoms with E-state index in [9.17, 15) is 10.1 Å². The van der Waals surface area contributed by atoms with Crippen LogP contribution in [0.4, 0.5) is 11.4 Å². The molecular weight excluding hydrogens is 256 g/mol. The molecule has 0 aliphatic carbocycles. The summed E-state index contributed by atoms with van der Waals surface area (Å²) >= 11 is 0. The first kappa shape index (κ1) is 13.9. The lowest BCUT2D eigenvalue weighted by atomic mass is 10.1. The number of benzene rings is 1. The Morgan fingerprint density at radius 2 is 2.05 bits per heavy atom. The normalized spacial score (nSPS) is 15.4. The largest absolute Gasteiger partial charge is 0.363 e. The molecule has 2 rings (SSSR count). The maximum Gasteiger partial charge on any atom is 0.292 e. The molecule has 0 unspecified atom stereocenters. The molecule has 1 aromatic carbocycles. The van der Waals surface area contributed by atoms with Crippen LogP contribution in [0.5, 0.6) is 0 Å². The van der Waals surface area contributed by atoms with Crippen LogP contribution in [-0.2, 0) is 0 Å². The minimum atomic E-state index is -0.412. The van der Waals surface area contributed by atoms with Crippen molar-refractivity contribution in [3.8, 4) is 18.4 Å². The number of hydrogen-bond acceptors (Lipinski definition) is 5. The summed E-state index contributed by atoms with van der Waals surface area (Å²) in [7, 11) is 0. The summed E-state index contributed by atoms with van der Waals surface area (Å²) in [5, 5.41) is 20.0. The van der Waals surface area contributed by atoms with Crippen LogP contribution in [0.25, 0.3) is 0 Å². The van der Waals surface area contributed by atoms with Crippen LogP contribution in [-0.4, -0.2) is 42.5 Å². The third kappa shape index (κ3) is 2.87. The fourth-order valence-corrected chi connectivity index (χ4v) is 2.28. The average molecular weight is 270 g/mol. The summed E-state index contributed by atoms with van der Waals surface area (Å²) in [6, 6.07) is 6.45. The molecule has 6 heteroatoms. The van der Waals surface area contributed by atoms with Crippen molar-refractivity contribution in [2.45, 2.75) is 0 Å². The summed E-state index contributed by atoms with van der Waals surface area (Å²) in [5.74, 6) is 2.60. The molecule has 1 saturated heterocycles. The molecule has 1 aromatic rings. The lowest BCUT2D eigenvalue weighted by Crippen LogP contribution is -2.46. The van der Waals surface area contributed by atoms with Crippen molar-refractivity contribution in [1.82, 2.24) is 4.90 Å². The van der Waals surface area contributed by atoms with Crippen LogP contribution in [0, 0.1) is 33.8 Å². The Morgan fingerprint density at radius 1 is 1.35 bits per heavy atom. The van der Waals surface area contributed by atoms with Gasteiger partial charge in [-0.25, -0.2) is 0 Å². The second-order valence-corrected chi connectivity index (χ2v) is 4.54. The molecule has 1 heterocycles. The predicted octanol–water partition coefficient (Wildman–Crippen LogP) is 1.22. The molecular formula is C14H14N4O2. The zero-order valence-electron chi connectivity index (χ0n) is 11.0.